The predicted octanol–water partition coefficient (Wildman–Crippen LogP) is 2.64. The van der Waals surface area contributed by atoms with Crippen LogP contribution in [0.25, 0.3) is 0 Å². The minimum atomic E-state index is -0.00756. The summed E-state index contributed by atoms with van der Waals surface area (Å²) < 4.78 is 5.36. The zero-order valence-corrected chi connectivity index (χ0v) is 12.7. The first-order valence-corrected chi connectivity index (χ1v) is 7.24. The Kier molecular flexibility index (Phi) is 7.09. The fraction of sp³-hybridized carbons (Fsp3) is 0.562. The lowest BCUT2D eigenvalue weighted by atomic mass is 10.0. The Bertz CT molecular complexity index is 421. The maximum absolute atomic E-state index is 12.0. The van der Waals surface area contributed by atoms with Crippen LogP contribution in [0.2, 0.25) is 0 Å². The molecule has 3 N–H and O–H groups in total. The maximum Gasteiger partial charge on any atom is 0.220 e. The Morgan fingerprint density at radius 1 is 1.40 bits per heavy atom. The van der Waals surface area contributed by atoms with Crippen LogP contribution >= 0.6 is 0 Å². The van der Waals surface area contributed by atoms with Gasteiger partial charge in [-0.05, 0) is 31.4 Å². The molecule has 2 atom stereocenters. The van der Waals surface area contributed by atoms with Crippen LogP contribution in [0, 0.1) is 5.92 Å². The second-order valence-electron chi connectivity index (χ2n) is 5.15. The van der Waals surface area contributed by atoms with Gasteiger partial charge in [-0.2, -0.15) is 0 Å². The number of hydrogen-bond acceptors (Lipinski definition) is 3. The summed E-state index contributed by atoms with van der Waals surface area (Å²) in [6, 6.07) is 7.80. The van der Waals surface area contributed by atoms with Gasteiger partial charge in [0.15, 0.2) is 0 Å². The fourth-order valence-electron chi connectivity index (χ4n) is 2.12. The van der Waals surface area contributed by atoms with Gasteiger partial charge in [0, 0.05) is 12.0 Å². The van der Waals surface area contributed by atoms with Crippen molar-refractivity contribution in [3.05, 3.63) is 29.8 Å². The number of benzene rings is 1. The smallest absolute Gasteiger partial charge is 0.220 e. The van der Waals surface area contributed by atoms with E-state index in [1.54, 1.807) is 7.11 Å². The second kappa shape index (κ2) is 8.59. The minimum absolute atomic E-state index is 0.00756. The molecular weight excluding hydrogens is 252 g/mol. The van der Waals surface area contributed by atoms with E-state index in [-0.39, 0.29) is 11.9 Å². The molecule has 0 heterocycles. The zero-order chi connectivity index (χ0) is 15.0. The molecule has 0 spiro atoms. The third-order valence-electron chi connectivity index (χ3n) is 3.52. The number of nitrogens with two attached hydrogens (primary N) is 1. The molecule has 0 saturated carbocycles. The van der Waals surface area contributed by atoms with Crippen molar-refractivity contribution in [1.82, 2.24) is 5.32 Å². The van der Waals surface area contributed by atoms with Crippen LogP contribution < -0.4 is 15.8 Å². The largest absolute Gasteiger partial charge is 0.496 e. The highest BCUT2D eigenvalue weighted by Gasteiger charge is 2.16. The first kappa shape index (κ1) is 16.5. The Hall–Kier alpha value is -1.55. The van der Waals surface area contributed by atoms with Crippen molar-refractivity contribution < 1.29 is 9.53 Å². The van der Waals surface area contributed by atoms with Gasteiger partial charge in [-0.1, -0.05) is 32.0 Å². The molecule has 2 unspecified atom stereocenters. The van der Waals surface area contributed by atoms with Gasteiger partial charge in [-0.15, -0.1) is 0 Å². The maximum atomic E-state index is 12.0. The van der Waals surface area contributed by atoms with E-state index in [1.165, 1.54) is 0 Å². The molecule has 0 aliphatic carbocycles. The molecule has 1 aromatic carbocycles. The fourth-order valence-corrected chi connectivity index (χ4v) is 2.12. The summed E-state index contributed by atoms with van der Waals surface area (Å²) in [6.07, 6.45) is 2.17. The summed E-state index contributed by atoms with van der Waals surface area (Å²) >= 11 is 0. The van der Waals surface area contributed by atoms with Crippen LogP contribution in [0.5, 0.6) is 5.75 Å². The van der Waals surface area contributed by atoms with Crippen LogP contribution in [0.15, 0.2) is 24.3 Å². The number of ether oxygens (including phenoxy) is 1. The van der Waals surface area contributed by atoms with E-state index in [9.17, 15) is 4.79 Å². The van der Waals surface area contributed by atoms with E-state index < -0.39 is 0 Å². The molecule has 1 rings (SSSR count). The molecular formula is C16H26N2O2. The summed E-state index contributed by atoms with van der Waals surface area (Å²) in [4.78, 5) is 12.0. The van der Waals surface area contributed by atoms with Gasteiger partial charge in [0.05, 0.1) is 13.2 Å². The normalized spacial score (nSPS) is 13.6. The van der Waals surface area contributed by atoms with Crippen LogP contribution in [0.4, 0.5) is 0 Å². The van der Waals surface area contributed by atoms with Crippen LogP contribution in [0.1, 0.15) is 44.7 Å². The van der Waals surface area contributed by atoms with Crippen molar-refractivity contribution in [2.75, 3.05) is 13.7 Å². The molecule has 0 aromatic heterocycles. The topological polar surface area (TPSA) is 64.4 Å². The van der Waals surface area contributed by atoms with E-state index in [0.29, 0.717) is 18.9 Å². The quantitative estimate of drug-likeness (QED) is 0.768. The van der Waals surface area contributed by atoms with Gasteiger partial charge < -0.3 is 15.8 Å². The zero-order valence-electron chi connectivity index (χ0n) is 12.7. The number of amides is 1. The van der Waals surface area contributed by atoms with Gasteiger partial charge in [-0.25, -0.2) is 0 Å². The molecule has 112 valence electrons. The van der Waals surface area contributed by atoms with E-state index in [1.807, 2.05) is 24.3 Å². The molecule has 0 saturated heterocycles. The number of carbonyl (C=O) groups excluding carboxylic acids is 1. The molecule has 1 aromatic rings. The molecule has 0 aliphatic rings. The molecule has 0 fully saturated rings. The van der Waals surface area contributed by atoms with Crippen molar-refractivity contribution >= 4 is 5.91 Å². The lowest BCUT2D eigenvalue weighted by molar-refractivity contribution is -0.122. The Labute approximate surface area is 121 Å². The van der Waals surface area contributed by atoms with Crippen LogP contribution in [-0.2, 0) is 4.79 Å². The molecule has 4 nitrogen and oxygen atoms in total. The van der Waals surface area contributed by atoms with E-state index in [4.69, 9.17) is 10.5 Å². The van der Waals surface area contributed by atoms with Crippen molar-refractivity contribution in [3.8, 4) is 5.75 Å². The summed E-state index contributed by atoms with van der Waals surface area (Å²) in [5.41, 5.74) is 6.59. The average Bonchev–Trinajstić information content (AvgIpc) is 2.50. The summed E-state index contributed by atoms with van der Waals surface area (Å²) in [7, 11) is 1.65. The predicted molar refractivity (Wildman–Crippen MR) is 81.6 cm³/mol. The molecule has 0 bridgehead atoms. The lowest BCUT2D eigenvalue weighted by Crippen LogP contribution is -2.29. The van der Waals surface area contributed by atoms with E-state index in [2.05, 4.69) is 19.2 Å². The number of hydrogen-bond donors (Lipinski definition) is 2. The third kappa shape index (κ3) is 4.85. The Balaban J connectivity index is 2.65. The van der Waals surface area contributed by atoms with Crippen molar-refractivity contribution in [2.45, 2.75) is 39.2 Å². The summed E-state index contributed by atoms with van der Waals surface area (Å²) in [5, 5.41) is 3.08. The van der Waals surface area contributed by atoms with Gasteiger partial charge in [0.25, 0.3) is 0 Å². The molecule has 1 amide bonds. The van der Waals surface area contributed by atoms with E-state index >= 15 is 0 Å². The molecule has 20 heavy (non-hydrogen) atoms. The Morgan fingerprint density at radius 3 is 2.70 bits per heavy atom. The molecule has 4 heteroatoms. The summed E-state index contributed by atoms with van der Waals surface area (Å²) in [5.74, 6) is 1.27. The number of rotatable bonds is 8. The standard InChI is InChI=1S/C16H26N2O2/c1-4-14(13-7-5-6-8-15(13)20-3)18-16(19)10-9-12(2)11-17/h5-8,12,14H,4,9-11,17H2,1-3H3,(H,18,19). The first-order valence-electron chi connectivity index (χ1n) is 7.24. The lowest BCUT2D eigenvalue weighted by Gasteiger charge is -2.20. The highest BCUT2D eigenvalue weighted by Crippen LogP contribution is 2.26. The number of nitrogens with one attached hydrogen (secondary N) is 1. The van der Waals surface area contributed by atoms with Gasteiger partial charge >= 0.3 is 0 Å². The highest BCUT2D eigenvalue weighted by atomic mass is 16.5. The number of para-hydroxylation sites is 1. The highest BCUT2D eigenvalue weighted by molar-refractivity contribution is 5.76. The van der Waals surface area contributed by atoms with Crippen molar-refractivity contribution in [3.63, 3.8) is 0 Å². The second-order valence-corrected chi connectivity index (χ2v) is 5.15. The van der Waals surface area contributed by atoms with Gasteiger partial charge in [0.1, 0.15) is 5.75 Å². The third-order valence-corrected chi connectivity index (χ3v) is 3.52. The van der Waals surface area contributed by atoms with E-state index in [0.717, 1.165) is 24.2 Å². The average molecular weight is 278 g/mol. The van der Waals surface area contributed by atoms with Crippen molar-refractivity contribution in [2.24, 2.45) is 11.7 Å². The van der Waals surface area contributed by atoms with Crippen LogP contribution in [-0.4, -0.2) is 19.6 Å². The monoisotopic (exact) mass is 278 g/mol. The van der Waals surface area contributed by atoms with Gasteiger partial charge in [0.2, 0.25) is 5.91 Å². The first-order chi connectivity index (χ1) is 9.62. The van der Waals surface area contributed by atoms with Gasteiger partial charge in [-0.3, -0.25) is 4.79 Å². The van der Waals surface area contributed by atoms with Crippen LogP contribution in [0.3, 0.4) is 0 Å². The summed E-state index contributed by atoms with van der Waals surface area (Å²) in [6.45, 7) is 4.74. The number of carbonyl (C=O) groups is 1. The Morgan fingerprint density at radius 2 is 2.10 bits per heavy atom. The molecule has 0 aliphatic heterocycles. The SMILES string of the molecule is CCC(NC(=O)CCC(C)CN)c1ccccc1OC. The van der Waals surface area contributed by atoms with Crippen molar-refractivity contribution in [1.29, 1.82) is 0 Å². The minimum Gasteiger partial charge on any atom is -0.496 e. The number of methoxy groups -OCH3 is 1. The molecule has 0 radical (unpaired) electrons.